The number of hydrogen-bond donors (Lipinski definition) is 2. The third-order valence-electron chi connectivity index (χ3n) is 6.39. The zero-order valence-electron chi connectivity index (χ0n) is 18.9. The van der Waals surface area contributed by atoms with Gasteiger partial charge in [0.25, 0.3) is 5.91 Å². The molecule has 2 heterocycles. The number of H-pyrrole nitrogens is 1. The van der Waals surface area contributed by atoms with Crippen molar-refractivity contribution in [3.63, 3.8) is 0 Å². The van der Waals surface area contributed by atoms with Gasteiger partial charge in [0, 0.05) is 41.9 Å². The molecule has 2 amide bonds. The molecule has 0 fully saturated rings. The average molecular weight is 492 g/mol. The summed E-state index contributed by atoms with van der Waals surface area (Å²) >= 11 is 6.21. The van der Waals surface area contributed by atoms with Gasteiger partial charge in [0.15, 0.2) is 0 Å². The number of para-hydroxylation sites is 1. The number of aromatic nitrogens is 1. The highest BCUT2D eigenvalue weighted by molar-refractivity contribution is 6.33. The second-order valence-electron chi connectivity index (χ2n) is 8.40. The van der Waals surface area contributed by atoms with Crippen LogP contribution in [0.3, 0.4) is 0 Å². The first-order chi connectivity index (χ1) is 17.0. The van der Waals surface area contributed by atoms with Gasteiger partial charge in [0.1, 0.15) is 5.82 Å². The minimum Gasteiger partial charge on any atom is -0.383 e. The first-order valence-corrected chi connectivity index (χ1v) is 11.6. The number of fused-ring (bicyclic) bond motifs is 2. The first-order valence-electron chi connectivity index (χ1n) is 11.2. The molecule has 1 aliphatic heterocycles. The maximum absolute atomic E-state index is 13.9. The summed E-state index contributed by atoms with van der Waals surface area (Å²) in [6.45, 7) is 0.611. The standard InChI is InChI=1S/C27H23ClFN3O3/c1-35-13-12-32-25(20-15-30-22-9-5-4-6-17(20)22)24(18-7-2-3-8-19(18)27(32)34)26(33)31-23-11-10-16(29)14-21(23)28/h2-11,14-15,24-25,30H,12-13H2,1H3,(H,31,33)/t24-,25+/m1/s1. The van der Waals surface area contributed by atoms with E-state index >= 15 is 0 Å². The van der Waals surface area contributed by atoms with Gasteiger partial charge >= 0.3 is 0 Å². The van der Waals surface area contributed by atoms with Crippen LogP contribution in [0, 0.1) is 5.82 Å². The molecule has 0 radical (unpaired) electrons. The Kier molecular flexibility index (Phi) is 6.28. The smallest absolute Gasteiger partial charge is 0.254 e. The number of carbonyl (C=O) groups is 2. The quantitative estimate of drug-likeness (QED) is 0.372. The third kappa shape index (κ3) is 4.17. The van der Waals surface area contributed by atoms with Crippen molar-refractivity contribution in [2.45, 2.75) is 12.0 Å². The van der Waals surface area contributed by atoms with Crippen molar-refractivity contribution in [3.05, 3.63) is 100 Å². The summed E-state index contributed by atoms with van der Waals surface area (Å²) in [6, 6.07) is 18.1. The lowest BCUT2D eigenvalue weighted by Crippen LogP contribution is -2.47. The highest BCUT2D eigenvalue weighted by atomic mass is 35.5. The molecule has 178 valence electrons. The van der Waals surface area contributed by atoms with E-state index < -0.39 is 17.8 Å². The number of halogens is 2. The van der Waals surface area contributed by atoms with E-state index in [-0.39, 0.29) is 16.8 Å². The second kappa shape index (κ2) is 9.52. The Hall–Kier alpha value is -3.68. The summed E-state index contributed by atoms with van der Waals surface area (Å²) in [5, 5.41) is 3.88. The first kappa shape index (κ1) is 23.1. The van der Waals surface area contributed by atoms with Crippen LogP contribution in [0.1, 0.15) is 33.4 Å². The summed E-state index contributed by atoms with van der Waals surface area (Å²) in [6.07, 6.45) is 1.85. The highest BCUT2D eigenvalue weighted by Crippen LogP contribution is 2.45. The van der Waals surface area contributed by atoms with Crippen LogP contribution in [-0.4, -0.2) is 42.0 Å². The summed E-state index contributed by atoms with van der Waals surface area (Å²) in [4.78, 5) is 32.5. The number of hydrogen-bond acceptors (Lipinski definition) is 3. The number of nitrogens with one attached hydrogen (secondary N) is 2. The number of amides is 2. The van der Waals surface area contributed by atoms with Gasteiger partial charge in [-0.1, -0.05) is 48.0 Å². The van der Waals surface area contributed by atoms with Crippen LogP contribution in [0.25, 0.3) is 10.9 Å². The van der Waals surface area contributed by atoms with Crippen LogP contribution in [0.2, 0.25) is 5.02 Å². The molecule has 1 aromatic heterocycles. The van der Waals surface area contributed by atoms with Gasteiger partial charge in [-0.15, -0.1) is 0 Å². The lowest BCUT2D eigenvalue weighted by Gasteiger charge is -2.41. The molecule has 0 saturated heterocycles. The van der Waals surface area contributed by atoms with Crippen LogP contribution >= 0.6 is 11.6 Å². The van der Waals surface area contributed by atoms with Crippen molar-refractivity contribution in [3.8, 4) is 0 Å². The number of aromatic amines is 1. The molecule has 8 heteroatoms. The largest absolute Gasteiger partial charge is 0.383 e. The topological polar surface area (TPSA) is 74.4 Å². The number of methoxy groups -OCH3 is 1. The Labute approximate surface area is 206 Å². The van der Waals surface area contributed by atoms with E-state index in [1.54, 1.807) is 30.2 Å². The molecular formula is C27H23ClFN3O3. The van der Waals surface area contributed by atoms with E-state index in [1.807, 2.05) is 36.5 Å². The van der Waals surface area contributed by atoms with Crippen molar-refractivity contribution in [1.29, 1.82) is 0 Å². The second-order valence-corrected chi connectivity index (χ2v) is 8.81. The molecule has 0 saturated carbocycles. The predicted molar refractivity (Wildman–Crippen MR) is 133 cm³/mol. The third-order valence-corrected chi connectivity index (χ3v) is 6.70. The molecule has 6 nitrogen and oxygen atoms in total. The Balaban J connectivity index is 1.67. The average Bonchev–Trinajstić information content (AvgIpc) is 3.29. The van der Waals surface area contributed by atoms with Crippen LogP contribution in [0.4, 0.5) is 10.1 Å². The highest BCUT2D eigenvalue weighted by Gasteiger charge is 2.44. The summed E-state index contributed by atoms with van der Waals surface area (Å²) in [5.41, 5.74) is 3.11. The fraction of sp³-hybridized carbons (Fsp3) is 0.185. The number of rotatable bonds is 6. The summed E-state index contributed by atoms with van der Waals surface area (Å²) < 4.78 is 18.9. The van der Waals surface area contributed by atoms with Crippen LogP contribution in [-0.2, 0) is 9.53 Å². The van der Waals surface area contributed by atoms with Gasteiger partial charge in [0.05, 0.1) is 29.3 Å². The van der Waals surface area contributed by atoms with Crippen LogP contribution in [0.5, 0.6) is 0 Å². The molecule has 4 aromatic rings. The van der Waals surface area contributed by atoms with Crippen molar-refractivity contribution in [1.82, 2.24) is 9.88 Å². The van der Waals surface area contributed by atoms with E-state index in [9.17, 15) is 14.0 Å². The van der Waals surface area contributed by atoms with E-state index in [4.69, 9.17) is 16.3 Å². The van der Waals surface area contributed by atoms with E-state index in [2.05, 4.69) is 10.3 Å². The number of carbonyl (C=O) groups excluding carboxylic acids is 2. The van der Waals surface area contributed by atoms with Crippen molar-refractivity contribution in [2.75, 3.05) is 25.6 Å². The minimum atomic E-state index is -0.749. The summed E-state index contributed by atoms with van der Waals surface area (Å²) in [7, 11) is 1.57. The normalized spacial score (nSPS) is 17.5. The molecule has 35 heavy (non-hydrogen) atoms. The minimum absolute atomic E-state index is 0.0957. The van der Waals surface area contributed by atoms with E-state index in [0.29, 0.717) is 30.0 Å². The fourth-order valence-electron chi connectivity index (χ4n) is 4.80. The van der Waals surface area contributed by atoms with Gasteiger partial charge in [0.2, 0.25) is 5.91 Å². The van der Waals surface area contributed by atoms with E-state index in [0.717, 1.165) is 22.5 Å². The molecule has 0 bridgehead atoms. The number of benzene rings is 3. The Bertz CT molecular complexity index is 1420. The van der Waals surface area contributed by atoms with Gasteiger partial charge in [-0.3, -0.25) is 9.59 Å². The Morgan fingerprint density at radius 1 is 1.11 bits per heavy atom. The Morgan fingerprint density at radius 3 is 2.69 bits per heavy atom. The zero-order chi connectivity index (χ0) is 24.5. The SMILES string of the molecule is COCCN1C(=O)c2ccccc2[C@@H](C(=O)Nc2ccc(F)cc2Cl)[C@@H]1c1c[nH]c2ccccc12. The van der Waals surface area contributed by atoms with Crippen molar-refractivity contribution < 1.29 is 18.7 Å². The molecule has 0 aliphatic carbocycles. The predicted octanol–water partition coefficient (Wildman–Crippen LogP) is 5.53. The molecule has 2 N–H and O–H groups in total. The van der Waals surface area contributed by atoms with Gasteiger partial charge in [-0.2, -0.15) is 0 Å². The van der Waals surface area contributed by atoms with Crippen LogP contribution < -0.4 is 5.32 Å². The Morgan fingerprint density at radius 2 is 1.89 bits per heavy atom. The van der Waals surface area contributed by atoms with Crippen LogP contribution in [0.15, 0.2) is 72.9 Å². The number of nitrogens with zero attached hydrogens (tertiary/aromatic N) is 1. The fourth-order valence-corrected chi connectivity index (χ4v) is 5.01. The number of ether oxygens (including phenoxy) is 1. The van der Waals surface area contributed by atoms with Gasteiger partial charge < -0.3 is 19.9 Å². The molecule has 0 spiro atoms. The zero-order valence-corrected chi connectivity index (χ0v) is 19.7. The molecule has 3 aromatic carbocycles. The van der Waals surface area contributed by atoms with Gasteiger partial charge in [-0.05, 0) is 35.9 Å². The summed E-state index contributed by atoms with van der Waals surface area (Å²) in [5.74, 6) is -1.77. The monoisotopic (exact) mass is 491 g/mol. The molecule has 2 atom stereocenters. The maximum Gasteiger partial charge on any atom is 0.254 e. The van der Waals surface area contributed by atoms with Gasteiger partial charge in [-0.25, -0.2) is 4.39 Å². The molecule has 5 rings (SSSR count). The maximum atomic E-state index is 13.9. The lowest BCUT2D eigenvalue weighted by atomic mass is 9.79. The molecular weight excluding hydrogens is 469 g/mol. The van der Waals surface area contributed by atoms with Crippen molar-refractivity contribution in [2.24, 2.45) is 0 Å². The van der Waals surface area contributed by atoms with Crippen molar-refractivity contribution >= 4 is 40.0 Å². The molecule has 1 aliphatic rings. The molecule has 0 unspecified atom stereocenters. The lowest BCUT2D eigenvalue weighted by molar-refractivity contribution is -0.119. The number of anilines is 1. The van der Waals surface area contributed by atoms with E-state index in [1.165, 1.54) is 12.1 Å².